The normalized spacial score (nSPS) is 17.8. The zero-order valence-electron chi connectivity index (χ0n) is 10.9. The summed E-state index contributed by atoms with van der Waals surface area (Å²) >= 11 is 1.81. The van der Waals surface area contributed by atoms with Gasteiger partial charge in [0.2, 0.25) is 0 Å². The molecule has 17 heavy (non-hydrogen) atoms. The molecular weight excluding hydrogens is 226 g/mol. The number of thioether (sulfide) groups is 1. The summed E-state index contributed by atoms with van der Waals surface area (Å²) in [5, 5.41) is 3.72. The van der Waals surface area contributed by atoms with E-state index in [1.165, 1.54) is 36.1 Å². The number of rotatable bonds is 6. The van der Waals surface area contributed by atoms with Crippen molar-refractivity contribution in [3.8, 4) is 0 Å². The molecule has 1 saturated carbocycles. The Morgan fingerprint density at radius 1 is 1.29 bits per heavy atom. The molecule has 0 radical (unpaired) electrons. The monoisotopic (exact) mass is 249 g/mol. The van der Waals surface area contributed by atoms with Gasteiger partial charge < -0.3 is 5.32 Å². The Morgan fingerprint density at radius 2 is 2.00 bits per heavy atom. The van der Waals surface area contributed by atoms with Crippen molar-refractivity contribution in [1.29, 1.82) is 0 Å². The Morgan fingerprint density at radius 3 is 2.47 bits per heavy atom. The molecule has 1 aliphatic rings. The fourth-order valence-corrected chi connectivity index (χ4v) is 2.85. The van der Waals surface area contributed by atoms with Crippen LogP contribution in [-0.2, 0) is 0 Å². The van der Waals surface area contributed by atoms with E-state index in [9.17, 15) is 0 Å². The van der Waals surface area contributed by atoms with Crippen molar-refractivity contribution in [2.45, 2.75) is 43.5 Å². The van der Waals surface area contributed by atoms with Crippen molar-refractivity contribution < 1.29 is 0 Å². The molecule has 0 amide bonds. The molecule has 1 nitrogen and oxygen atoms in total. The van der Waals surface area contributed by atoms with Crippen LogP contribution in [0.4, 0.5) is 0 Å². The van der Waals surface area contributed by atoms with Gasteiger partial charge in [-0.15, -0.1) is 11.8 Å². The first-order valence-electron chi connectivity index (χ1n) is 6.72. The van der Waals surface area contributed by atoms with E-state index >= 15 is 0 Å². The zero-order chi connectivity index (χ0) is 12.1. The predicted octanol–water partition coefficient (Wildman–Crippen LogP) is 4.25. The average Bonchev–Trinajstić information content (AvgIpc) is 2.32. The molecule has 1 fully saturated rings. The first-order valence-corrected chi connectivity index (χ1v) is 7.95. The fourth-order valence-electron chi connectivity index (χ4n) is 2.44. The highest BCUT2D eigenvalue weighted by molar-refractivity contribution is 7.98. The maximum Gasteiger partial charge on any atom is 0.0348 e. The molecule has 0 aromatic heterocycles. The zero-order valence-corrected chi connectivity index (χ0v) is 11.7. The number of nitrogens with one attached hydrogen (secondary N) is 1. The third-order valence-electron chi connectivity index (χ3n) is 3.71. The van der Waals surface area contributed by atoms with Crippen molar-refractivity contribution >= 4 is 11.8 Å². The van der Waals surface area contributed by atoms with E-state index in [4.69, 9.17) is 0 Å². The van der Waals surface area contributed by atoms with Gasteiger partial charge in [-0.1, -0.05) is 25.5 Å². The van der Waals surface area contributed by atoms with Crippen LogP contribution in [0.25, 0.3) is 0 Å². The van der Waals surface area contributed by atoms with Crippen LogP contribution in [-0.4, -0.2) is 12.8 Å². The second-order valence-corrected chi connectivity index (χ2v) is 5.78. The van der Waals surface area contributed by atoms with Gasteiger partial charge in [0.05, 0.1) is 0 Å². The Labute approximate surface area is 109 Å². The quantitative estimate of drug-likeness (QED) is 0.756. The highest BCUT2D eigenvalue weighted by atomic mass is 32.2. The molecule has 1 aromatic rings. The summed E-state index contributed by atoms with van der Waals surface area (Å²) < 4.78 is 0. The van der Waals surface area contributed by atoms with Crippen LogP contribution in [0.15, 0.2) is 29.2 Å². The SMILES string of the molecule is CCCNC(c1ccc(SC)cc1)C1CCC1. The summed E-state index contributed by atoms with van der Waals surface area (Å²) in [5.74, 6) is 0.863. The number of hydrogen-bond donors (Lipinski definition) is 1. The van der Waals surface area contributed by atoms with Gasteiger partial charge in [-0.05, 0) is 55.7 Å². The maximum absolute atomic E-state index is 3.72. The highest BCUT2D eigenvalue weighted by Gasteiger charge is 2.27. The van der Waals surface area contributed by atoms with Crippen LogP contribution in [0.3, 0.4) is 0 Å². The van der Waals surface area contributed by atoms with E-state index in [-0.39, 0.29) is 0 Å². The maximum atomic E-state index is 3.72. The molecule has 0 heterocycles. The summed E-state index contributed by atoms with van der Waals surface area (Å²) in [6.45, 7) is 3.37. The van der Waals surface area contributed by atoms with E-state index < -0.39 is 0 Å². The molecule has 0 aliphatic heterocycles. The Kier molecular flexibility index (Phi) is 4.93. The van der Waals surface area contributed by atoms with Crippen molar-refractivity contribution in [3.63, 3.8) is 0 Å². The van der Waals surface area contributed by atoms with Gasteiger partial charge in [0.25, 0.3) is 0 Å². The third kappa shape index (κ3) is 3.26. The summed E-state index contributed by atoms with van der Waals surface area (Å²) in [6.07, 6.45) is 7.55. The van der Waals surface area contributed by atoms with Crippen molar-refractivity contribution in [1.82, 2.24) is 5.32 Å². The molecule has 0 spiro atoms. The lowest BCUT2D eigenvalue weighted by Crippen LogP contribution is -2.32. The number of benzene rings is 1. The molecule has 0 saturated heterocycles. The van der Waals surface area contributed by atoms with Crippen molar-refractivity contribution in [3.05, 3.63) is 29.8 Å². The standard InChI is InChI=1S/C15H23NS/c1-3-11-16-15(12-5-4-6-12)13-7-9-14(17-2)10-8-13/h7-10,12,15-16H,3-6,11H2,1-2H3. The van der Waals surface area contributed by atoms with Gasteiger partial charge in [0.15, 0.2) is 0 Å². The molecule has 1 N–H and O–H groups in total. The Bertz CT molecular complexity index is 329. The molecule has 1 atom stereocenters. The molecular formula is C15H23NS. The molecule has 1 aromatic carbocycles. The molecule has 1 unspecified atom stereocenters. The molecule has 1 aliphatic carbocycles. The highest BCUT2D eigenvalue weighted by Crippen LogP contribution is 2.38. The first-order chi connectivity index (χ1) is 8.35. The predicted molar refractivity (Wildman–Crippen MR) is 76.6 cm³/mol. The lowest BCUT2D eigenvalue weighted by atomic mass is 9.77. The number of hydrogen-bond acceptors (Lipinski definition) is 2. The van der Waals surface area contributed by atoms with E-state index in [2.05, 4.69) is 42.8 Å². The smallest absolute Gasteiger partial charge is 0.0348 e. The minimum Gasteiger partial charge on any atom is -0.310 e. The van der Waals surface area contributed by atoms with E-state index in [1.807, 2.05) is 11.8 Å². The van der Waals surface area contributed by atoms with Gasteiger partial charge in [0, 0.05) is 10.9 Å². The lowest BCUT2D eigenvalue weighted by molar-refractivity contribution is 0.231. The van der Waals surface area contributed by atoms with Crippen LogP contribution in [0.2, 0.25) is 0 Å². The topological polar surface area (TPSA) is 12.0 Å². The van der Waals surface area contributed by atoms with Crippen LogP contribution >= 0.6 is 11.8 Å². The lowest BCUT2D eigenvalue weighted by Gasteiger charge is -2.35. The average molecular weight is 249 g/mol. The second-order valence-electron chi connectivity index (χ2n) is 4.90. The van der Waals surface area contributed by atoms with E-state index in [0.717, 1.165) is 12.5 Å². The fraction of sp³-hybridized carbons (Fsp3) is 0.600. The summed E-state index contributed by atoms with van der Waals surface area (Å²) in [7, 11) is 0. The third-order valence-corrected chi connectivity index (χ3v) is 4.45. The second kappa shape index (κ2) is 6.46. The summed E-state index contributed by atoms with van der Waals surface area (Å²) in [6, 6.07) is 9.69. The minimum atomic E-state index is 0.583. The molecule has 94 valence electrons. The van der Waals surface area contributed by atoms with Gasteiger partial charge in [-0.3, -0.25) is 0 Å². The van der Waals surface area contributed by atoms with Crippen LogP contribution in [0, 0.1) is 5.92 Å². The van der Waals surface area contributed by atoms with Crippen molar-refractivity contribution in [2.24, 2.45) is 5.92 Å². The largest absolute Gasteiger partial charge is 0.310 e. The molecule has 2 rings (SSSR count). The van der Waals surface area contributed by atoms with E-state index in [0.29, 0.717) is 6.04 Å². The van der Waals surface area contributed by atoms with Crippen molar-refractivity contribution in [2.75, 3.05) is 12.8 Å². The van der Waals surface area contributed by atoms with Gasteiger partial charge >= 0.3 is 0 Å². The summed E-state index contributed by atoms with van der Waals surface area (Å²) in [5.41, 5.74) is 1.47. The van der Waals surface area contributed by atoms with E-state index in [1.54, 1.807) is 0 Å². The Balaban J connectivity index is 2.06. The molecule has 0 bridgehead atoms. The van der Waals surface area contributed by atoms with Crippen LogP contribution < -0.4 is 5.32 Å². The van der Waals surface area contributed by atoms with Gasteiger partial charge in [-0.2, -0.15) is 0 Å². The van der Waals surface area contributed by atoms with Gasteiger partial charge in [-0.25, -0.2) is 0 Å². The van der Waals surface area contributed by atoms with Crippen LogP contribution in [0.5, 0.6) is 0 Å². The first kappa shape index (κ1) is 13.0. The van der Waals surface area contributed by atoms with Crippen LogP contribution in [0.1, 0.15) is 44.2 Å². The Hall–Kier alpha value is -0.470. The molecule has 2 heteroatoms. The van der Waals surface area contributed by atoms with Gasteiger partial charge in [0.1, 0.15) is 0 Å². The minimum absolute atomic E-state index is 0.583. The summed E-state index contributed by atoms with van der Waals surface area (Å²) in [4.78, 5) is 1.36.